The standard InChI is InChI=1S/C16H24N2/c1-2-14(11-17-8-1)10-13-3-5-15(6-4-13)16-7-9-18-12-16/h3-6,14,16-18H,1-2,7-12H2. The lowest BCUT2D eigenvalue weighted by molar-refractivity contribution is 0.376. The molecule has 2 heterocycles. The lowest BCUT2D eigenvalue weighted by atomic mass is 9.90. The monoisotopic (exact) mass is 244 g/mol. The van der Waals surface area contributed by atoms with E-state index in [2.05, 4.69) is 34.9 Å². The highest BCUT2D eigenvalue weighted by Crippen LogP contribution is 2.23. The molecule has 2 saturated heterocycles. The molecule has 0 aromatic heterocycles. The van der Waals surface area contributed by atoms with E-state index in [1.165, 1.54) is 56.4 Å². The van der Waals surface area contributed by atoms with Crippen LogP contribution < -0.4 is 10.6 Å². The van der Waals surface area contributed by atoms with Gasteiger partial charge in [-0.3, -0.25) is 0 Å². The van der Waals surface area contributed by atoms with Gasteiger partial charge in [0.05, 0.1) is 0 Å². The molecule has 0 bridgehead atoms. The van der Waals surface area contributed by atoms with Crippen LogP contribution in [0.1, 0.15) is 36.3 Å². The molecule has 2 nitrogen and oxygen atoms in total. The molecule has 2 atom stereocenters. The zero-order valence-electron chi connectivity index (χ0n) is 11.1. The maximum absolute atomic E-state index is 3.50. The first-order valence-electron chi connectivity index (χ1n) is 7.42. The number of nitrogens with one attached hydrogen (secondary N) is 2. The van der Waals surface area contributed by atoms with E-state index >= 15 is 0 Å². The van der Waals surface area contributed by atoms with Crippen LogP contribution >= 0.6 is 0 Å². The van der Waals surface area contributed by atoms with Crippen LogP contribution in [0.15, 0.2) is 24.3 Å². The molecule has 2 N–H and O–H groups in total. The van der Waals surface area contributed by atoms with Crippen LogP contribution in [0.5, 0.6) is 0 Å². The minimum atomic E-state index is 0.746. The lowest BCUT2D eigenvalue weighted by Gasteiger charge is -2.22. The fourth-order valence-electron chi connectivity index (χ4n) is 3.30. The fraction of sp³-hybridized carbons (Fsp3) is 0.625. The Bertz CT molecular complexity index is 359. The second-order valence-corrected chi connectivity index (χ2v) is 5.85. The van der Waals surface area contributed by atoms with Crippen LogP contribution in [0.25, 0.3) is 0 Å². The summed E-state index contributed by atoms with van der Waals surface area (Å²) >= 11 is 0. The minimum Gasteiger partial charge on any atom is -0.316 e. The summed E-state index contributed by atoms with van der Waals surface area (Å²) in [6.07, 6.45) is 5.28. The Labute approximate surface area is 110 Å². The van der Waals surface area contributed by atoms with Gasteiger partial charge in [0, 0.05) is 6.54 Å². The van der Waals surface area contributed by atoms with Crippen molar-refractivity contribution in [3.63, 3.8) is 0 Å². The molecule has 0 spiro atoms. The van der Waals surface area contributed by atoms with Gasteiger partial charge in [-0.05, 0) is 68.3 Å². The molecule has 2 unspecified atom stereocenters. The number of rotatable bonds is 3. The minimum absolute atomic E-state index is 0.746. The summed E-state index contributed by atoms with van der Waals surface area (Å²) in [6, 6.07) is 9.40. The van der Waals surface area contributed by atoms with Gasteiger partial charge in [-0.15, -0.1) is 0 Å². The molecule has 18 heavy (non-hydrogen) atoms. The van der Waals surface area contributed by atoms with Gasteiger partial charge in [0.1, 0.15) is 0 Å². The molecule has 1 aromatic carbocycles. The molecule has 0 amide bonds. The number of hydrogen-bond acceptors (Lipinski definition) is 2. The quantitative estimate of drug-likeness (QED) is 0.852. The van der Waals surface area contributed by atoms with Gasteiger partial charge < -0.3 is 10.6 Å². The predicted molar refractivity (Wildman–Crippen MR) is 76.0 cm³/mol. The molecule has 1 aromatic rings. The first-order chi connectivity index (χ1) is 8.92. The molecular formula is C16H24N2. The van der Waals surface area contributed by atoms with Gasteiger partial charge in [0.25, 0.3) is 0 Å². The highest BCUT2D eigenvalue weighted by Gasteiger charge is 2.17. The normalized spacial score (nSPS) is 28.4. The van der Waals surface area contributed by atoms with Crippen LogP contribution in [-0.2, 0) is 6.42 Å². The molecule has 2 fully saturated rings. The molecule has 98 valence electrons. The summed E-state index contributed by atoms with van der Waals surface area (Å²) in [4.78, 5) is 0. The lowest BCUT2D eigenvalue weighted by Crippen LogP contribution is -2.30. The van der Waals surface area contributed by atoms with Crippen LogP contribution in [-0.4, -0.2) is 26.2 Å². The van der Waals surface area contributed by atoms with E-state index in [0.717, 1.165) is 18.4 Å². The Balaban J connectivity index is 1.59. The third kappa shape index (κ3) is 2.93. The van der Waals surface area contributed by atoms with Crippen molar-refractivity contribution in [3.05, 3.63) is 35.4 Å². The zero-order valence-corrected chi connectivity index (χ0v) is 11.1. The topological polar surface area (TPSA) is 24.1 Å². The van der Waals surface area contributed by atoms with Gasteiger partial charge in [-0.25, -0.2) is 0 Å². The van der Waals surface area contributed by atoms with Gasteiger partial charge in [0.15, 0.2) is 0 Å². The molecule has 0 saturated carbocycles. The van der Waals surface area contributed by atoms with Crippen LogP contribution in [0.3, 0.4) is 0 Å². The number of piperidine rings is 1. The average Bonchev–Trinajstić information content (AvgIpc) is 2.95. The van der Waals surface area contributed by atoms with Crippen LogP contribution in [0.4, 0.5) is 0 Å². The third-order valence-corrected chi connectivity index (χ3v) is 4.43. The van der Waals surface area contributed by atoms with Crippen LogP contribution in [0.2, 0.25) is 0 Å². The summed E-state index contributed by atoms with van der Waals surface area (Å²) in [6.45, 7) is 4.75. The maximum Gasteiger partial charge on any atom is 0.00206 e. The van der Waals surface area contributed by atoms with E-state index < -0.39 is 0 Å². The molecule has 0 aliphatic carbocycles. The van der Waals surface area contributed by atoms with E-state index in [4.69, 9.17) is 0 Å². The van der Waals surface area contributed by atoms with E-state index in [1.807, 2.05) is 0 Å². The Morgan fingerprint density at radius 3 is 2.44 bits per heavy atom. The van der Waals surface area contributed by atoms with Crippen LogP contribution in [0, 0.1) is 5.92 Å². The highest BCUT2D eigenvalue weighted by molar-refractivity contribution is 5.26. The summed E-state index contributed by atoms with van der Waals surface area (Å²) in [5.41, 5.74) is 3.03. The Kier molecular flexibility index (Phi) is 3.96. The molecular weight excluding hydrogens is 220 g/mol. The molecule has 2 aliphatic heterocycles. The van der Waals surface area contributed by atoms with Gasteiger partial charge >= 0.3 is 0 Å². The van der Waals surface area contributed by atoms with Gasteiger partial charge in [0.2, 0.25) is 0 Å². The summed E-state index contributed by atoms with van der Waals surface area (Å²) in [5.74, 6) is 1.59. The smallest absolute Gasteiger partial charge is 0.00206 e. The average molecular weight is 244 g/mol. The van der Waals surface area contributed by atoms with Crippen molar-refractivity contribution in [1.29, 1.82) is 0 Å². The first kappa shape index (κ1) is 12.2. The van der Waals surface area contributed by atoms with Crippen molar-refractivity contribution >= 4 is 0 Å². The van der Waals surface area contributed by atoms with E-state index in [-0.39, 0.29) is 0 Å². The van der Waals surface area contributed by atoms with Crippen molar-refractivity contribution in [3.8, 4) is 0 Å². The van der Waals surface area contributed by atoms with Crippen molar-refractivity contribution < 1.29 is 0 Å². The Morgan fingerprint density at radius 2 is 1.78 bits per heavy atom. The summed E-state index contributed by atoms with van der Waals surface area (Å²) in [5, 5.41) is 6.95. The summed E-state index contributed by atoms with van der Waals surface area (Å²) in [7, 11) is 0. The maximum atomic E-state index is 3.50. The van der Waals surface area contributed by atoms with Crippen molar-refractivity contribution in [2.45, 2.75) is 31.6 Å². The fourth-order valence-corrected chi connectivity index (χ4v) is 3.30. The van der Waals surface area contributed by atoms with E-state index in [1.54, 1.807) is 0 Å². The molecule has 3 rings (SSSR count). The predicted octanol–water partition coefficient (Wildman–Crippen LogP) is 2.31. The first-order valence-corrected chi connectivity index (χ1v) is 7.42. The van der Waals surface area contributed by atoms with E-state index in [9.17, 15) is 0 Å². The van der Waals surface area contributed by atoms with Crippen molar-refractivity contribution in [2.75, 3.05) is 26.2 Å². The second kappa shape index (κ2) is 5.85. The number of benzene rings is 1. The van der Waals surface area contributed by atoms with Crippen molar-refractivity contribution in [2.24, 2.45) is 5.92 Å². The molecule has 2 aliphatic rings. The van der Waals surface area contributed by atoms with Gasteiger partial charge in [-0.1, -0.05) is 24.3 Å². The Hall–Kier alpha value is -0.860. The molecule has 0 radical (unpaired) electrons. The zero-order chi connectivity index (χ0) is 12.2. The van der Waals surface area contributed by atoms with Gasteiger partial charge in [-0.2, -0.15) is 0 Å². The highest BCUT2D eigenvalue weighted by atomic mass is 14.9. The second-order valence-electron chi connectivity index (χ2n) is 5.85. The third-order valence-electron chi connectivity index (χ3n) is 4.43. The summed E-state index contributed by atoms with van der Waals surface area (Å²) < 4.78 is 0. The SMILES string of the molecule is c1cc(C2CCNC2)ccc1CC1CCCNC1. The Morgan fingerprint density at radius 1 is 0.944 bits per heavy atom. The largest absolute Gasteiger partial charge is 0.316 e. The molecule has 2 heteroatoms. The van der Waals surface area contributed by atoms with Crippen molar-refractivity contribution in [1.82, 2.24) is 10.6 Å². The van der Waals surface area contributed by atoms with E-state index in [0.29, 0.717) is 0 Å². The number of hydrogen-bond donors (Lipinski definition) is 2.